The third-order valence-electron chi connectivity index (χ3n) is 3.21. The Morgan fingerprint density at radius 2 is 1.79 bits per heavy atom. The molecule has 0 bridgehead atoms. The first-order chi connectivity index (χ1) is 9.09. The Morgan fingerprint density at radius 3 is 2.53 bits per heavy atom. The summed E-state index contributed by atoms with van der Waals surface area (Å²) in [5, 5.41) is 14.3. The zero-order chi connectivity index (χ0) is 13.8. The van der Waals surface area contributed by atoms with Gasteiger partial charge in [-0.05, 0) is 23.3 Å². The standard InChI is InChI=1S/C15H17F2NO/c1-10(18-9-14(19)15(16)17)12-8-4-6-11-5-2-3-7-13(11)12/h2-8,10,14-15,18-19H,9H2,1H3. The zero-order valence-electron chi connectivity index (χ0n) is 10.7. The Morgan fingerprint density at radius 1 is 1.11 bits per heavy atom. The van der Waals surface area contributed by atoms with E-state index in [4.69, 9.17) is 5.11 Å². The molecule has 0 radical (unpaired) electrons. The smallest absolute Gasteiger partial charge is 0.265 e. The minimum absolute atomic E-state index is 0.0977. The molecule has 2 unspecified atom stereocenters. The van der Waals surface area contributed by atoms with E-state index in [0.29, 0.717) is 0 Å². The number of aliphatic hydroxyl groups excluding tert-OH is 1. The Kier molecular flexibility index (Phi) is 4.45. The summed E-state index contributed by atoms with van der Waals surface area (Å²) in [7, 11) is 0. The molecule has 4 heteroatoms. The van der Waals surface area contributed by atoms with Crippen LogP contribution in [-0.2, 0) is 0 Å². The maximum atomic E-state index is 12.2. The van der Waals surface area contributed by atoms with E-state index in [1.54, 1.807) is 0 Å². The van der Waals surface area contributed by atoms with Crippen molar-refractivity contribution < 1.29 is 13.9 Å². The van der Waals surface area contributed by atoms with Crippen LogP contribution in [-0.4, -0.2) is 24.2 Å². The van der Waals surface area contributed by atoms with Gasteiger partial charge in [0.2, 0.25) is 0 Å². The van der Waals surface area contributed by atoms with Gasteiger partial charge in [-0.1, -0.05) is 42.5 Å². The molecule has 0 aliphatic carbocycles. The summed E-state index contributed by atoms with van der Waals surface area (Å²) in [6, 6.07) is 13.8. The molecule has 0 fully saturated rings. The monoisotopic (exact) mass is 265 g/mol. The molecular formula is C15H17F2NO. The molecule has 102 valence electrons. The van der Waals surface area contributed by atoms with E-state index in [1.807, 2.05) is 49.4 Å². The van der Waals surface area contributed by atoms with Crippen LogP contribution in [0, 0.1) is 0 Å². The van der Waals surface area contributed by atoms with Crippen LogP contribution >= 0.6 is 0 Å². The lowest BCUT2D eigenvalue weighted by Gasteiger charge is -2.18. The lowest BCUT2D eigenvalue weighted by molar-refractivity contribution is -0.00437. The fourth-order valence-corrected chi connectivity index (χ4v) is 2.12. The maximum Gasteiger partial charge on any atom is 0.265 e. The quantitative estimate of drug-likeness (QED) is 0.870. The van der Waals surface area contributed by atoms with E-state index >= 15 is 0 Å². The topological polar surface area (TPSA) is 32.3 Å². The second kappa shape index (κ2) is 6.08. The first kappa shape index (κ1) is 13.9. The number of aliphatic hydroxyl groups is 1. The number of halogens is 2. The molecule has 2 rings (SSSR count). The van der Waals surface area contributed by atoms with E-state index in [-0.39, 0.29) is 12.6 Å². The molecule has 0 spiro atoms. The van der Waals surface area contributed by atoms with Crippen molar-refractivity contribution in [3.63, 3.8) is 0 Å². The Bertz CT molecular complexity index is 539. The van der Waals surface area contributed by atoms with Crippen molar-refractivity contribution in [2.24, 2.45) is 0 Å². The van der Waals surface area contributed by atoms with Crippen molar-refractivity contribution in [3.05, 3.63) is 48.0 Å². The van der Waals surface area contributed by atoms with Crippen LogP contribution in [0.25, 0.3) is 10.8 Å². The summed E-state index contributed by atoms with van der Waals surface area (Å²) >= 11 is 0. The summed E-state index contributed by atoms with van der Waals surface area (Å²) in [4.78, 5) is 0. The molecule has 0 aliphatic rings. The molecule has 0 saturated carbocycles. The number of rotatable bonds is 5. The summed E-state index contributed by atoms with van der Waals surface area (Å²) in [6.45, 7) is 1.78. The van der Waals surface area contributed by atoms with Crippen molar-refractivity contribution in [1.29, 1.82) is 0 Å². The van der Waals surface area contributed by atoms with Gasteiger partial charge in [-0.3, -0.25) is 0 Å². The Balaban J connectivity index is 2.15. The van der Waals surface area contributed by atoms with Gasteiger partial charge in [0.15, 0.2) is 0 Å². The Hall–Kier alpha value is -1.52. The van der Waals surface area contributed by atoms with Crippen LogP contribution in [0.3, 0.4) is 0 Å². The van der Waals surface area contributed by atoms with Gasteiger partial charge < -0.3 is 10.4 Å². The highest BCUT2D eigenvalue weighted by Gasteiger charge is 2.18. The highest BCUT2D eigenvalue weighted by molar-refractivity contribution is 5.86. The van der Waals surface area contributed by atoms with Crippen molar-refractivity contribution in [3.8, 4) is 0 Å². The molecule has 0 saturated heterocycles. The third kappa shape index (κ3) is 3.28. The average molecular weight is 265 g/mol. The predicted molar refractivity (Wildman–Crippen MR) is 72.4 cm³/mol. The van der Waals surface area contributed by atoms with Crippen molar-refractivity contribution in [1.82, 2.24) is 5.32 Å². The van der Waals surface area contributed by atoms with Crippen LogP contribution in [0.2, 0.25) is 0 Å². The lowest BCUT2D eigenvalue weighted by Crippen LogP contribution is -2.33. The highest BCUT2D eigenvalue weighted by atomic mass is 19.3. The maximum absolute atomic E-state index is 12.2. The number of hydrogen-bond acceptors (Lipinski definition) is 2. The highest BCUT2D eigenvalue weighted by Crippen LogP contribution is 2.24. The lowest BCUT2D eigenvalue weighted by atomic mass is 9.99. The van der Waals surface area contributed by atoms with Gasteiger partial charge in [-0.25, -0.2) is 8.78 Å². The number of nitrogens with one attached hydrogen (secondary N) is 1. The predicted octanol–water partition coefficient (Wildman–Crippen LogP) is 3.12. The molecule has 0 aliphatic heterocycles. The van der Waals surface area contributed by atoms with E-state index in [2.05, 4.69) is 5.32 Å². The van der Waals surface area contributed by atoms with Gasteiger partial charge >= 0.3 is 0 Å². The second-order valence-electron chi connectivity index (χ2n) is 4.60. The number of benzene rings is 2. The summed E-state index contributed by atoms with van der Waals surface area (Å²) in [6.07, 6.45) is -4.34. The van der Waals surface area contributed by atoms with Gasteiger partial charge in [0.05, 0.1) is 0 Å². The van der Waals surface area contributed by atoms with Crippen LogP contribution in [0.1, 0.15) is 18.5 Å². The summed E-state index contributed by atoms with van der Waals surface area (Å²) < 4.78 is 24.5. The van der Waals surface area contributed by atoms with Crippen molar-refractivity contribution in [2.45, 2.75) is 25.5 Å². The number of alkyl halides is 2. The zero-order valence-corrected chi connectivity index (χ0v) is 10.7. The molecular weight excluding hydrogens is 248 g/mol. The van der Waals surface area contributed by atoms with Crippen molar-refractivity contribution >= 4 is 10.8 Å². The molecule has 0 heterocycles. The Labute approximate surface area is 111 Å². The minimum atomic E-state index is -2.72. The van der Waals surface area contributed by atoms with Gasteiger partial charge in [0.1, 0.15) is 6.10 Å². The molecule has 2 nitrogen and oxygen atoms in total. The van der Waals surface area contributed by atoms with Crippen molar-refractivity contribution in [2.75, 3.05) is 6.54 Å². The largest absolute Gasteiger partial charge is 0.386 e. The molecule has 2 aromatic carbocycles. The molecule has 19 heavy (non-hydrogen) atoms. The molecule has 2 N–H and O–H groups in total. The van der Waals surface area contributed by atoms with E-state index in [0.717, 1.165) is 16.3 Å². The van der Waals surface area contributed by atoms with Crippen LogP contribution in [0.5, 0.6) is 0 Å². The average Bonchev–Trinajstić information content (AvgIpc) is 2.43. The van der Waals surface area contributed by atoms with Gasteiger partial charge in [-0.2, -0.15) is 0 Å². The molecule has 0 amide bonds. The summed E-state index contributed by atoms with van der Waals surface area (Å²) in [5.74, 6) is 0. The van der Waals surface area contributed by atoms with Gasteiger partial charge in [-0.15, -0.1) is 0 Å². The number of fused-ring (bicyclic) bond motifs is 1. The van der Waals surface area contributed by atoms with Crippen LogP contribution in [0.15, 0.2) is 42.5 Å². The number of hydrogen-bond donors (Lipinski definition) is 2. The van der Waals surface area contributed by atoms with E-state index in [1.165, 1.54) is 0 Å². The SMILES string of the molecule is CC(NCC(O)C(F)F)c1cccc2ccccc12. The van der Waals surface area contributed by atoms with E-state index < -0.39 is 12.5 Å². The van der Waals surface area contributed by atoms with Gasteiger partial charge in [0.25, 0.3) is 6.43 Å². The fourth-order valence-electron chi connectivity index (χ4n) is 2.12. The minimum Gasteiger partial charge on any atom is -0.386 e. The van der Waals surface area contributed by atoms with Gasteiger partial charge in [0, 0.05) is 12.6 Å². The fraction of sp³-hybridized carbons (Fsp3) is 0.333. The first-order valence-electron chi connectivity index (χ1n) is 6.27. The van der Waals surface area contributed by atoms with Crippen LogP contribution in [0.4, 0.5) is 8.78 Å². The first-order valence-corrected chi connectivity index (χ1v) is 6.27. The molecule has 0 aromatic heterocycles. The molecule has 2 atom stereocenters. The third-order valence-corrected chi connectivity index (χ3v) is 3.21. The molecule has 2 aromatic rings. The second-order valence-corrected chi connectivity index (χ2v) is 4.60. The normalized spacial score (nSPS) is 14.8. The van der Waals surface area contributed by atoms with Crippen LogP contribution < -0.4 is 5.32 Å². The van der Waals surface area contributed by atoms with E-state index in [9.17, 15) is 8.78 Å². The summed E-state index contributed by atoms with van der Waals surface area (Å²) in [5.41, 5.74) is 1.04.